The van der Waals surface area contributed by atoms with Gasteiger partial charge in [-0.25, -0.2) is 0 Å². The normalized spacial score (nSPS) is 40.5. The molecule has 0 amide bonds. The van der Waals surface area contributed by atoms with Crippen molar-refractivity contribution in [1.82, 2.24) is 0 Å². The average Bonchev–Trinajstić information content (AvgIpc) is 2.47. The van der Waals surface area contributed by atoms with Gasteiger partial charge in [0.25, 0.3) is 0 Å². The van der Waals surface area contributed by atoms with Crippen LogP contribution in [0.3, 0.4) is 0 Å². The van der Waals surface area contributed by atoms with E-state index in [1.165, 1.54) is 0 Å². The van der Waals surface area contributed by atoms with E-state index >= 15 is 0 Å². The van der Waals surface area contributed by atoms with E-state index in [0.29, 0.717) is 32.5 Å². The number of hydrogen-bond donors (Lipinski definition) is 2. The molecule has 1 spiro atoms. The number of aliphatic hydroxyl groups is 2. The molecule has 70 valence electrons. The fourth-order valence-electron chi connectivity index (χ4n) is 1.88. The Balaban J connectivity index is 2.01. The lowest BCUT2D eigenvalue weighted by Gasteiger charge is -2.36. The highest BCUT2D eigenvalue weighted by Gasteiger charge is 2.44. The molecular weight excluding hydrogens is 160 g/mol. The van der Waals surface area contributed by atoms with Gasteiger partial charge < -0.3 is 19.7 Å². The fourth-order valence-corrected chi connectivity index (χ4v) is 1.88. The van der Waals surface area contributed by atoms with Crippen molar-refractivity contribution in [1.29, 1.82) is 0 Å². The lowest BCUT2D eigenvalue weighted by Crippen LogP contribution is -2.45. The molecule has 1 saturated carbocycles. The molecule has 2 atom stereocenters. The molecule has 2 aliphatic rings. The van der Waals surface area contributed by atoms with E-state index in [4.69, 9.17) is 9.47 Å². The average molecular weight is 174 g/mol. The second kappa shape index (κ2) is 2.96. The Hall–Kier alpha value is -0.160. The molecule has 1 heterocycles. The van der Waals surface area contributed by atoms with E-state index in [9.17, 15) is 10.2 Å². The smallest absolute Gasteiger partial charge is 0.171 e. The summed E-state index contributed by atoms with van der Waals surface area (Å²) in [5, 5.41) is 18.7. The van der Waals surface area contributed by atoms with Crippen LogP contribution in [0.25, 0.3) is 0 Å². The molecule has 2 rings (SSSR count). The van der Waals surface area contributed by atoms with E-state index < -0.39 is 18.0 Å². The van der Waals surface area contributed by atoms with Crippen molar-refractivity contribution in [3.8, 4) is 0 Å². The molecule has 2 N–H and O–H groups in total. The topological polar surface area (TPSA) is 58.9 Å². The quantitative estimate of drug-likeness (QED) is 0.526. The number of hydrogen-bond acceptors (Lipinski definition) is 4. The van der Waals surface area contributed by atoms with Gasteiger partial charge in [-0.2, -0.15) is 0 Å². The highest BCUT2D eigenvalue weighted by Crippen LogP contribution is 2.35. The van der Waals surface area contributed by atoms with Crippen LogP contribution in [0.4, 0.5) is 0 Å². The maximum absolute atomic E-state index is 9.39. The third-order valence-corrected chi connectivity index (χ3v) is 2.60. The van der Waals surface area contributed by atoms with E-state index in [2.05, 4.69) is 0 Å². The Morgan fingerprint density at radius 2 is 1.75 bits per heavy atom. The van der Waals surface area contributed by atoms with E-state index in [0.717, 1.165) is 0 Å². The predicted molar refractivity (Wildman–Crippen MR) is 40.5 cm³/mol. The number of ether oxygens (including phenoxy) is 2. The van der Waals surface area contributed by atoms with Crippen molar-refractivity contribution >= 4 is 0 Å². The molecule has 0 unspecified atom stereocenters. The Labute approximate surface area is 71.1 Å². The second-order valence-corrected chi connectivity index (χ2v) is 3.49. The molecule has 4 heteroatoms. The summed E-state index contributed by atoms with van der Waals surface area (Å²) in [4.78, 5) is 0. The predicted octanol–water partition coefficient (Wildman–Crippen LogP) is -0.365. The van der Waals surface area contributed by atoms with Gasteiger partial charge in [-0.3, -0.25) is 0 Å². The van der Waals surface area contributed by atoms with Crippen LogP contribution in [-0.4, -0.2) is 41.4 Å². The van der Waals surface area contributed by atoms with Crippen molar-refractivity contribution in [2.24, 2.45) is 0 Å². The van der Waals surface area contributed by atoms with Crippen LogP contribution in [0.1, 0.15) is 19.3 Å². The number of rotatable bonds is 0. The summed E-state index contributed by atoms with van der Waals surface area (Å²) in [6, 6.07) is 0. The summed E-state index contributed by atoms with van der Waals surface area (Å²) in [5.74, 6) is -0.585. The van der Waals surface area contributed by atoms with Gasteiger partial charge in [0.2, 0.25) is 0 Å². The maximum atomic E-state index is 9.39. The largest absolute Gasteiger partial charge is 0.390 e. The Kier molecular flexibility index (Phi) is 2.08. The van der Waals surface area contributed by atoms with Crippen LogP contribution in [0.5, 0.6) is 0 Å². The first-order chi connectivity index (χ1) is 5.72. The summed E-state index contributed by atoms with van der Waals surface area (Å²) in [5.41, 5.74) is 0. The molecule has 1 aliphatic carbocycles. The molecule has 12 heavy (non-hydrogen) atoms. The Morgan fingerprint density at radius 1 is 1.08 bits per heavy atom. The van der Waals surface area contributed by atoms with Crippen molar-refractivity contribution in [2.75, 3.05) is 13.2 Å². The molecule has 4 nitrogen and oxygen atoms in total. The molecule has 1 aliphatic heterocycles. The first kappa shape index (κ1) is 8.44. The monoisotopic (exact) mass is 174 g/mol. The van der Waals surface area contributed by atoms with Crippen molar-refractivity contribution in [2.45, 2.75) is 37.3 Å². The highest BCUT2D eigenvalue weighted by atomic mass is 16.7. The van der Waals surface area contributed by atoms with Crippen LogP contribution in [-0.2, 0) is 9.47 Å². The summed E-state index contributed by atoms with van der Waals surface area (Å²) in [6.45, 7) is 1.20. The lowest BCUT2D eigenvalue weighted by atomic mass is 9.89. The SMILES string of the molecule is O[C@@H]1CCC2(C[C@@H]1O)OCCO2. The number of aliphatic hydroxyl groups excluding tert-OH is 2. The van der Waals surface area contributed by atoms with Crippen LogP contribution in [0.2, 0.25) is 0 Å². The summed E-state index contributed by atoms with van der Waals surface area (Å²) < 4.78 is 10.8. The Bertz CT molecular complexity index is 164. The molecule has 0 radical (unpaired) electrons. The van der Waals surface area contributed by atoms with Gasteiger partial charge in [0.15, 0.2) is 5.79 Å². The minimum Gasteiger partial charge on any atom is -0.390 e. The van der Waals surface area contributed by atoms with Crippen LogP contribution in [0.15, 0.2) is 0 Å². The highest BCUT2D eigenvalue weighted by molar-refractivity contribution is 4.87. The summed E-state index contributed by atoms with van der Waals surface area (Å²) in [6.07, 6.45) is 0.334. The van der Waals surface area contributed by atoms with Crippen LogP contribution in [0, 0.1) is 0 Å². The molecule has 0 aromatic heterocycles. The lowest BCUT2D eigenvalue weighted by molar-refractivity contribution is -0.213. The Morgan fingerprint density at radius 3 is 2.33 bits per heavy atom. The third-order valence-electron chi connectivity index (χ3n) is 2.60. The summed E-state index contributed by atoms with van der Waals surface area (Å²) in [7, 11) is 0. The fraction of sp³-hybridized carbons (Fsp3) is 1.00. The molecule has 1 saturated heterocycles. The maximum Gasteiger partial charge on any atom is 0.171 e. The van der Waals surface area contributed by atoms with Gasteiger partial charge >= 0.3 is 0 Å². The minimum atomic E-state index is -0.697. The second-order valence-electron chi connectivity index (χ2n) is 3.49. The van der Waals surface area contributed by atoms with Gasteiger partial charge in [-0.1, -0.05) is 0 Å². The van der Waals surface area contributed by atoms with Gasteiger partial charge in [-0.15, -0.1) is 0 Å². The zero-order valence-corrected chi connectivity index (χ0v) is 6.90. The molecular formula is C8H14O4. The van der Waals surface area contributed by atoms with Crippen molar-refractivity contribution < 1.29 is 19.7 Å². The first-order valence-corrected chi connectivity index (χ1v) is 4.36. The van der Waals surface area contributed by atoms with E-state index in [1.54, 1.807) is 0 Å². The van der Waals surface area contributed by atoms with E-state index in [1.807, 2.05) is 0 Å². The third kappa shape index (κ3) is 1.35. The van der Waals surface area contributed by atoms with Gasteiger partial charge in [-0.05, 0) is 6.42 Å². The molecule has 2 fully saturated rings. The van der Waals surface area contributed by atoms with Crippen LogP contribution < -0.4 is 0 Å². The van der Waals surface area contributed by atoms with Gasteiger partial charge in [0, 0.05) is 12.8 Å². The van der Waals surface area contributed by atoms with E-state index in [-0.39, 0.29) is 0 Å². The van der Waals surface area contributed by atoms with Gasteiger partial charge in [0.1, 0.15) is 0 Å². The standard InChI is InChI=1S/C8H14O4/c9-6-1-2-8(5-7(6)10)11-3-4-12-8/h6-7,9-10H,1-5H2/t6-,7+/m1/s1. The zero-order chi connectivity index (χ0) is 8.60. The van der Waals surface area contributed by atoms with Crippen molar-refractivity contribution in [3.05, 3.63) is 0 Å². The minimum absolute atomic E-state index is 0.397. The zero-order valence-electron chi connectivity index (χ0n) is 6.90. The molecule has 0 aromatic carbocycles. The molecule has 0 aromatic rings. The molecule has 0 bridgehead atoms. The van der Waals surface area contributed by atoms with Gasteiger partial charge in [0.05, 0.1) is 25.4 Å². The van der Waals surface area contributed by atoms with Crippen molar-refractivity contribution in [3.63, 3.8) is 0 Å². The summed E-state index contributed by atoms with van der Waals surface area (Å²) >= 11 is 0. The van der Waals surface area contributed by atoms with Crippen LogP contribution >= 0.6 is 0 Å². The first-order valence-electron chi connectivity index (χ1n) is 4.36.